The predicted molar refractivity (Wildman–Crippen MR) is 80.7 cm³/mol. The number of rotatable bonds is 4. The number of nitrogens with two attached hydrogens (primary N) is 1. The van der Waals surface area contributed by atoms with E-state index in [1.165, 1.54) is 0 Å². The molecule has 0 bridgehead atoms. The van der Waals surface area contributed by atoms with E-state index >= 15 is 0 Å². The van der Waals surface area contributed by atoms with Crippen molar-refractivity contribution in [2.24, 2.45) is 11.7 Å². The SMILES string of the molecule is COc1ccc(C(=O)NC(C)C(C)C)cc1C#CCN. The number of amides is 1. The molecule has 0 spiro atoms. The molecule has 4 nitrogen and oxygen atoms in total. The quantitative estimate of drug-likeness (QED) is 0.823. The van der Waals surface area contributed by atoms with Crippen LogP contribution in [0.4, 0.5) is 0 Å². The molecule has 3 N–H and O–H groups in total. The van der Waals surface area contributed by atoms with Gasteiger partial charge in [0.25, 0.3) is 5.91 Å². The Morgan fingerprint density at radius 3 is 2.65 bits per heavy atom. The minimum atomic E-state index is -0.107. The van der Waals surface area contributed by atoms with Gasteiger partial charge in [-0.25, -0.2) is 0 Å². The Balaban J connectivity index is 2.99. The molecular weight excluding hydrogens is 252 g/mol. The first kappa shape index (κ1) is 16.1. The second-order valence-electron chi connectivity index (χ2n) is 4.93. The van der Waals surface area contributed by atoms with Crippen LogP contribution in [0, 0.1) is 17.8 Å². The summed E-state index contributed by atoms with van der Waals surface area (Å²) in [4.78, 5) is 12.2. The maximum atomic E-state index is 12.2. The zero-order valence-electron chi connectivity index (χ0n) is 12.5. The van der Waals surface area contributed by atoms with E-state index in [4.69, 9.17) is 10.5 Å². The fourth-order valence-corrected chi connectivity index (χ4v) is 1.55. The molecule has 1 rings (SSSR count). The lowest BCUT2D eigenvalue weighted by Crippen LogP contribution is -2.36. The molecule has 20 heavy (non-hydrogen) atoms. The van der Waals surface area contributed by atoms with Gasteiger partial charge in [0.05, 0.1) is 19.2 Å². The largest absolute Gasteiger partial charge is 0.495 e. The van der Waals surface area contributed by atoms with E-state index < -0.39 is 0 Å². The zero-order valence-corrected chi connectivity index (χ0v) is 12.5. The first-order valence-electron chi connectivity index (χ1n) is 6.67. The van der Waals surface area contributed by atoms with Crippen molar-refractivity contribution in [3.8, 4) is 17.6 Å². The molecule has 0 heterocycles. The Labute approximate surface area is 120 Å². The van der Waals surface area contributed by atoms with Crippen LogP contribution in [0.25, 0.3) is 0 Å². The lowest BCUT2D eigenvalue weighted by atomic mass is 10.0. The van der Waals surface area contributed by atoms with Crippen LogP contribution in [0.5, 0.6) is 5.75 Å². The van der Waals surface area contributed by atoms with Crippen LogP contribution < -0.4 is 15.8 Å². The number of carbonyl (C=O) groups is 1. The Bertz CT molecular complexity index is 527. The highest BCUT2D eigenvalue weighted by Crippen LogP contribution is 2.19. The van der Waals surface area contributed by atoms with Crippen LogP contribution in [0.2, 0.25) is 0 Å². The molecule has 0 radical (unpaired) electrons. The molecule has 1 amide bonds. The third kappa shape index (κ3) is 4.29. The third-order valence-corrected chi connectivity index (χ3v) is 3.15. The topological polar surface area (TPSA) is 64.3 Å². The number of benzene rings is 1. The molecule has 0 saturated heterocycles. The van der Waals surface area contributed by atoms with Crippen molar-refractivity contribution in [3.63, 3.8) is 0 Å². The van der Waals surface area contributed by atoms with Gasteiger partial charge in [-0.2, -0.15) is 0 Å². The molecule has 1 aromatic rings. The summed E-state index contributed by atoms with van der Waals surface area (Å²) in [5, 5.41) is 2.96. The van der Waals surface area contributed by atoms with Gasteiger partial charge in [-0.3, -0.25) is 4.79 Å². The zero-order chi connectivity index (χ0) is 15.1. The molecular formula is C16H22N2O2. The molecule has 1 unspecified atom stereocenters. The summed E-state index contributed by atoms with van der Waals surface area (Å²) in [5.41, 5.74) is 6.61. The van der Waals surface area contributed by atoms with Gasteiger partial charge < -0.3 is 15.8 Å². The van der Waals surface area contributed by atoms with Crippen molar-refractivity contribution in [2.75, 3.05) is 13.7 Å². The van der Waals surface area contributed by atoms with Crippen molar-refractivity contribution < 1.29 is 9.53 Å². The van der Waals surface area contributed by atoms with Gasteiger partial charge in [-0.1, -0.05) is 25.7 Å². The minimum Gasteiger partial charge on any atom is -0.495 e. The number of ether oxygens (including phenoxy) is 1. The molecule has 0 saturated carbocycles. The van der Waals surface area contributed by atoms with E-state index in [0.717, 1.165) is 0 Å². The number of methoxy groups -OCH3 is 1. The van der Waals surface area contributed by atoms with E-state index in [1.54, 1.807) is 25.3 Å². The molecule has 4 heteroatoms. The van der Waals surface area contributed by atoms with E-state index in [9.17, 15) is 4.79 Å². The van der Waals surface area contributed by atoms with Crippen LogP contribution in [-0.2, 0) is 0 Å². The summed E-state index contributed by atoms with van der Waals surface area (Å²) in [5.74, 6) is 6.60. The van der Waals surface area contributed by atoms with E-state index in [2.05, 4.69) is 31.0 Å². The fraction of sp³-hybridized carbons (Fsp3) is 0.438. The van der Waals surface area contributed by atoms with Gasteiger partial charge >= 0.3 is 0 Å². The van der Waals surface area contributed by atoms with Crippen molar-refractivity contribution in [2.45, 2.75) is 26.8 Å². The number of carbonyl (C=O) groups excluding carboxylic acids is 1. The van der Waals surface area contributed by atoms with Crippen molar-refractivity contribution >= 4 is 5.91 Å². The average molecular weight is 274 g/mol. The highest BCUT2D eigenvalue weighted by molar-refractivity contribution is 5.95. The highest BCUT2D eigenvalue weighted by atomic mass is 16.5. The Hall–Kier alpha value is -1.99. The van der Waals surface area contributed by atoms with Gasteiger partial charge in [-0.15, -0.1) is 0 Å². The third-order valence-electron chi connectivity index (χ3n) is 3.15. The Morgan fingerprint density at radius 1 is 1.40 bits per heavy atom. The van der Waals surface area contributed by atoms with Crippen molar-refractivity contribution in [3.05, 3.63) is 29.3 Å². The second kappa shape index (κ2) is 7.56. The summed E-state index contributed by atoms with van der Waals surface area (Å²) in [6.07, 6.45) is 0. The molecule has 0 fully saturated rings. The summed E-state index contributed by atoms with van der Waals surface area (Å²) in [6, 6.07) is 5.32. The summed E-state index contributed by atoms with van der Waals surface area (Å²) < 4.78 is 5.22. The van der Waals surface area contributed by atoms with Crippen LogP contribution in [-0.4, -0.2) is 25.6 Å². The Kier molecular flexibility index (Phi) is 6.08. The van der Waals surface area contributed by atoms with Crippen LogP contribution in [0.3, 0.4) is 0 Å². The monoisotopic (exact) mass is 274 g/mol. The van der Waals surface area contributed by atoms with Crippen molar-refractivity contribution in [1.29, 1.82) is 0 Å². The highest BCUT2D eigenvalue weighted by Gasteiger charge is 2.13. The maximum absolute atomic E-state index is 12.2. The predicted octanol–water partition coefficient (Wildman–Crippen LogP) is 1.78. The average Bonchev–Trinajstić information content (AvgIpc) is 2.44. The standard InChI is InChI=1S/C16H22N2O2/c1-11(2)12(3)18-16(19)14-7-8-15(20-4)13(10-14)6-5-9-17/h7-8,10-12H,9,17H2,1-4H3,(H,18,19). The molecule has 1 atom stereocenters. The molecule has 108 valence electrons. The lowest BCUT2D eigenvalue weighted by molar-refractivity contribution is 0.0930. The first-order chi connectivity index (χ1) is 9.49. The van der Waals surface area contributed by atoms with Gasteiger partial charge in [0.15, 0.2) is 0 Å². The van der Waals surface area contributed by atoms with Gasteiger partial charge in [-0.05, 0) is 31.0 Å². The maximum Gasteiger partial charge on any atom is 0.251 e. The number of hydrogen-bond acceptors (Lipinski definition) is 3. The fourth-order valence-electron chi connectivity index (χ4n) is 1.55. The molecule has 0 aliphatic rings. The van der Waals surface area contributed by atoms with Gasteiger partial charge in [0, 0.05) is 11.6 Å². The number of hydrogen-bond donors (Lipinski definition) is 2. The van der Waals surface area contributed by atoms with Gasteiger partial charge in [0.2, 0.25) is 0 Å². The number of nitrogens with one attached hydrogen (secondary N) is 1. The molecule has 1 aromatic carbocycles. The lowest BCUT2D eigenvalue weighted by Gasteiger charge is -2.17. The van der Waals surface area contributed by atoms with Crippen LogP contribution in [0.1, 0.15) is 36.7 Å². The minimum absolute atomic E-state index is 0.107. The van der Waals surface area contributed by atoms with E-state index in [0.29, 0.717) is 22.8 Å². The molecule has 0 aromatic heterocycles. The van der Waals surface area contributed by atoms with E-state index in [-0.39, 0.29) is 18.5 Å². The summed E-state index contributed by atoms with van der Waals surface area (Å²) in [6.45, 7) is 6.39. The van der Waals surface area contributed by atoms with Gasteiger partial charge in [0.1, 0.15) is 5.75 Å². The first-order valence-corrected chi connectivity index (χ1v) is 6.67. The van der Waals surface area contributed by atoms with E-state index in [1.807, 2.05) is 6.92 Å². The van der Waals surface area contributed by atoms with Crippen LogP contribution in [0.15, 0.2) is 18.2 Å². The smallest absolute Gasteiger partial charge is 0.251 e. The Morgan fingerprint density at radius 2 is 2.10 bits per heavy atom. The summed E-state index contributed by atoms with van der Waals surface area (Å²) >= 11 is 0. The normalized spacial score (nSPS) is 11.5. The molecule has 0 aliphatic heterocycles. The molecule has 0 aliphatic carbocycles. The summed E-state index contributed by atoms with van der Waals surface area (Å²) in [7, 11) is 1.57. The van der Waals surface area contributed by atoms with Crippen molar-refractivity contribution in [1.82, 2.24) is 5.32 Å². The van der Waals surface area contributed by atoms with Crippen LogP contribution >= 0.6 is 0 Å². The second-order valence-corrected chi connectivity index (χ2v) is 4.93.